The molecule has 31 heavy (non-hydrogen) atoms. The first-order valence-electron chi connectivity index (χ1n) is 10.4. The maximum absolute atomic E-state index is 11.5. The molecule has 0 bridgehead atoms. The van der Waals surface area contributed by atoms with Gasteiger partial charge in [-0.1, -0.05) is 50.2 Å². The van der Waals surface area contributed by atoms with Crippen LogP contribution < -0.4 is 5.32 Å². The number of hydrogen-bond acceptors (Lipinski definition) is 5. The number of nitrogens with zero attached hydrogens (tertiary/aromatic N) is 1. The first-order chi connectivity index (χ1) is 14.9. The number of pyridine rings is 1. The van der Waals surface area contributed by atoms with Gasteiger partial charge < -0.3 is 15.5 Å². The minimum absolute atomic E-state index is 0.305. The summed E-state index contributed by atoms with van der Waals surface area (Å²) in [7, 11) is 0. The van der Waals surface area contributed by atoms with Crippen LogP contribution in [0.5, 0.6) is 0 Å². The van der Waals surface area contributed by atoms with Crippen molar-refractivity contribution in [3.8, 4) is 11.1 Å². The van der Waals surface area contributed by atoms with Crippen LogP contribution >= 0.6 is 11.8 Å². The number of carboxylic acid groups (broad SMARTS) is 1. The van der Waals surface area contributed by atoms with E-state index in [1.165, 1.54) is 5.56 Å². The number of carboxylic acids is 1. The lowest BCUT2D eigenvalue weighted by atomic mass is 10.0. The highest BCUT2D eigenvalue weighted by atomic mass is 32.2. The lowest BCUT2D eigenvalue weighted by Crippen LogP contribution is -2.23. The molecule has 0 fully saturated rings. The van der Waals surface area contributed by atoms with Crippen molar-refractivity contribution >= 4 is 17.7 Å². The molecule has 162 valence electrons. The molecule has 0 saturated carbocycles. The number of benzene rings is 2. The summed E-state index contributed by atoms with van der Waals surface area (Å²) in [5.41, 5.74) is 4.43. The van der Waals surface area contributed by atoms with Crippen molar-refractivity contribution in [2.45, 2.75) is 36.5 Å². The number of aliphatic hydroxyl groups excluding tert-OH is 1. The summed E-state index contributed by atoms with van der Waals surface area (Å²) in [5.74, 6) is -0.897. The Labute approximate surface area is 187 Å². The third kappa shape index (κ3) is 6.66. The van der Waals surface area contributed by atoms with Crippen molar-refractivity contribution in [1.82, 2.24) is 10.3 Å². The number of aromatic carboxylic acids is 1. The molecule has 5 nitrogen and oxygen atoms in total. The molecule has 0 aliphatic rings. The van der Waals surface area contributed by atoms with Crippen LogP contribution in [-0.2, 0) is 6.42 Å². The molecule has 3 N–H and O–H groups in total. The van der Waals surface area contributed by atoms with E-state index in [4.69, 9.17) is 0 Å². The molecule has 0 radical (unpaired) electrons. The molecule has 0 unspecified atom stereocenters. The molecule has 1 aromatic heterocycles. The quantitative estimate of drug-likeness (QED) is 0.312. The molecule has 0 saturated heterocycles. The highest BCUT2D eigenvalue weighted by Gasteiger charge is 2.13. The number of rotatable bonds is 10. The van der Waals surface area contributed by atoms with Crippen molar-refractivity contribution < 1.29 is 15.0 Å². The van der Waals surface area contributed by atoms with Gasteiger partial charge >= 0.3 is 5.97 Å². The Morgan fingerprint density at radius 2 is 1.84 bits per heavy atom. The van der Waals surface area contributed by atoms with Crippen molar-refractivity contribution in [3.63, 3.8) is 0 Å². The minimum Gasteiger partial charge on any atom is -0.478 e. The van der Waals surface area contributed by atoms with Crippen LogP contribution in [0.4, 0.5) is 0 Å². The van der Waals surface area contributed by atoms with Crippen LogP contribution in [0.25, 0.3) is 11.1 Å². The van der Waals surface area contributed by atoms with Gasteiger partial charge in [0, 0.05) is 34.6 Å². The number of carbonyl (C=O) groups is 1. The third-order valence-corrected chi connectivity index (χ3v) is 5.92. The molecule has 2 aromatic carbocycles. The summed E-state index contributed by atoms with van der Waals surface area (Å²) >= 11 is 1.57. The summed E-state index contributed by atoms with van der Waals surface area (Å²) < 4.78 is 0. The van der Waals surface area contributed by atoms with Crippen molar-refractivity contribution in [1.29, 1.82) is 0 Å². The molecule has 1 atom stereocenters. The summed E-state index contributed by atoms with van der Waals surface area (Å²) in [6.07, 6.45) is 3.66. The Morgan fingerprint density at radius 3 is 2.48 bits per heavy atom. The first kappa shape index (κ1) is 23.0. The Bertz CT molecular complexity index is 991. The average Bonchev–Trinajstić information content (AvgIpc) is 2.77. The smallest absolute Gasteiger partial charge is 0.336 e. The lowest BCUT2D eigenvalue weighted by Gasteiger charge is -2.12. The number of hydrogen-bond donors (Lipinski definition) is 3. The van der Waals surface area contributed by atoms with Crippen LogP contribution in [0, 0.1) is 0 Å². The Morgan fingerprint density at radius 1 is 1.10 bits per heavy atom. The number of thioether (sulfide) groups is 1. The van der Waals surface area contributed by atoms with E-state index in [9.17, 15) is 15.0 Å². The normalized spacial score (nSPS) is 12.1. The monoisotopic (exact) mass is 436 g/mol. The van der Waals surface area contributed by atoms with Crippen molar-refractivity contribution in [2.24, 2.45) is 0 Å². The molecule has 6 heteroatoms. The number of aliphatic hydroxyl groups is 1. The van der Waals surface area contributed by atoms with Crippen molar-refractivity contribution in [3.05, 3.63) is 83.7 Å². The standard InChI is InChI=1S/C25H28N2O3S/c1-17(2)31-24-14-20(9-10-22(24)25(29)30)19-7-5-18(6-8-19)11-13-27-16-23(28)21-4-3-12-26-15-21/h3-10,12,14-15,17,23,27-28H,11,13,16H2,1-2H3,(H,29,30)/t23-/m1/s1. The molecule has 0 aliphatic carbocycles. The molecular weight excluding hydrogens is 408 g/mol. The molecule has 0 aliphatic heterocycles. The Kier molecular flexibility index (Phi) is 8.23. The van der Waals surface area contributed by atoms with E-state index < -0.39 is 12.1 Å². The van der Waals surface area contributed by atoms with Gasteiger partial charge in [0.25, 0.3) is 0 Å². The van der Waals surface area contributed by atoms with Gasteiger partial charge in [-0.2, -0.15) is 0 Å². The molecule has 3 aromatic rings. The Hall–Kier alpha value is -2.67. The van der Waals surface area contributed by atoms with Crippen LogP contribution in [-0.4, -0.2) is 39.5 Å². The molecule has 1 heterocycles. The maximum Gasteiger partial charge on any atom is 0.336 e. The third-order valence-electron chi connectivity index (χ3n) is 4.86. The van der Waals surface area contributed by atoms with E-state index in [-0.39, 0.29) is 0 Å². The predicted molar refractivity (Wildman–Crippen MR) is 126 cm³/mol. The van der Waals surface area contributed by atoms with Crippen LogP contribution in [0.2, 0.25) is 0 Å². The van der Waals surface area contributed by atoms with Gasteiger partial charge in [0.1, 0.15) is 0 Å². The molecular formula is C25H28N2O3S. The van der Waals surface area contributed by atoms with E-state index >= 15 is 0 Å². The van der Waals surface area contributed by atoms with Gasteiger partial charge in [0.15, 0.2) is 0 Å². The number of aromatic nitrogens is 1. The van der Waals surface area contributed by atoms with E-state index in [1.54, 1.807) is 30.2 Å². The summed E-state index contributed by atoms with van der Waals surface area (Å²) in [4.78, 5) is 16.3. The zero-order valence-electron chi connectivity index (χ0n) is 17.8. The zero-order chi connectivity index (χ0) is 22.2. The van der Waals surface area contributed by atoms with Gasteiger partial charge in [-0.25, -0.2) is 4.79 Å². The summed E-state index contributed by atoms with van der Waals surface area (Å²) in [6, 6.07) is 17.5. The first-order valence-corrected chi connectivity index (χ1v) is 11.2. The van der Waals surface area contributed by atoms with Gasteiger partial charge in [0.05, 0.1) is 11.7 Å². The lowest BCUT2D eigenvalue weighted by molar-refractivity contribution is 0.0693. The second kappa shape index (κ2) is 11.1. The topological polar surface area (TPSA) is 82.5 Å². The molecule has 0 spiro atoms. The highest BCUT2D eigenvalue weighted by Crippen LogP contribution is 2.31. The fourth-order valence-electron chi connectivity index (χ4n) is 3.26. The van der Waals surface area contributed by atoms with Crippen molar-refractivity contribution in [2.75, 3.05) is 13.1 Å². The second-order valence-electron chi connectivity index (χ2n) is 7.64. The number of nitrogens with one attached hydrogen (secondary N) is 1. The fraction of sp³-hybridized carbons (Fsp3) is 0.280. The van der Waals surface area contributed by atoms with Gasteiger partial charge in [-0.3, -0.25) is 4.98 Å². The van der Waals surface area contributed by atoms with E-state index in [2.05, 4.69) is 48.4 Å². The predicted octanol–water partition coefficient (Wildman–Crippen LogP) is 4.81. The second-order valence-corrected chi connectivity index (χ2v) is 9.25. The zero-order valence-corrected chi connectivity index (χ0v) is 18.6. The van der Waals surface area contributed by atoms with E-state index in [1.807, 2.05) is 24.3 Å². The van der Waals surface area contributed by atoms with Crippen LogP contribution in [0.3, 0.4) is 0 Å². The van der Waals surface area contributed by atoms with Gasteiger partial charge in [-0.15, -0.1) is 11.8 Å². The van der Waals surface area contributed by atoms with Gasteiger partial charge in [0.2, 0.25) is 0 Å². The van der Waals surface area contributed by atoms with E-state index in [0.29, 0.717) is 17.4 Å². The molecule has 3 rings (SSSR count). The summed E-state index contributed by atoms with van der Waals surface area (Å²) in [6.45, 7) is 5.36. The maximum atomic E-state index is 11.5. The fourth-order valence-corrected chi connectivity index (χ4v) is 4.24. The van der Waals surface area contributed by atoms with Gasteiger partial charge in [-0.05, 0) is 47.9 Å². The van der Waals surface area contributed by atoms with E-state index in [0.717, 1.165) is 34.6 Å². The minimum atomic E-state index is -0.897. The van der Waals surface area contributed by atoms with Crippen LogP contribution in [0.1, 0.15) is 41.4 Å². The average molecular weight is 437 g/mol. The highest BCUT2D eigenvalue weighted by molar-refractivity contribution is 8.00. The Balaban J connectivity index is 1.58. The SMILES string of the molecule is CC(C)Sc1cc(-c2ccc(CCNC[C@@H](O)c3cccnc3)cc2)ccc1C(=O)O. The largest absolute Gasteiger partial charge is 0.478 e. The summed E-state index contributed by atoms with van der Waals surface area (Å²) in [5, 5.41) is 23.2. The molecule has 0 amide bonds. The van der Waals surface area contributed by atoms with Crippen LogP contribution in [0.15, 0.2) is 71.9 Å².